The number of ether oxygens (including phenoxy) is 2. The predicted octanol–water partition coefficient (Wildman–Crippen LogP) is 3.72. The quantitative estimate of drug-likeness (QED) is 0.885. The fourth-order valence-corrected chi connectivity index (χ4v) is 4.39. The van der Waals surface area contributed by atoms with E-state index in [1.807, 2.05) is 0 Å². The number of nitrogens with two attached hydrogens (primary N) is 1. The van der Waals surface area contributed by atoms with Gasteiger partial charge in [0.15, 0.2) is 0 Å². The molecule has 1 amide bonds. The van der Waals surface area contributed by atoms with Gasteiger partial charge < -0.3 is 20.5 Å². The molecule has 6 heteroatoms. The number of hydrogen-bond acceptors (Lipinski definition) is 5. The lowest BCUT2D eigenvalue weighted by atomic mass is 9.88. The zero-order chi connectivity index (χ0) is 17.3. The molecular formula is C18H22N2O3S. The van der Waals surface area contributed by atoms with E-state index in [1.165, 1.54) is 4.88 Å². The van der Waals surface area contributed by atoms with Crippen molar-refractivity contribution in [3.05, 3.63) is 34.2 Å². The van der Waals surface area contributed by atoms with Gasteiger partial charge in [0.25, 0.3) is 5.91 Å². The molecule has 0 aliphatic heterocycles. The summed E-state index contributed by atoms with van der Waals surface area (Å²) in [6.07, 6.45) is 3.01. The number of methoxy groups -OCH3 is 2. The molecule has 0 spiro atoms. The first-order valence-electron chi connectivity index (χ1n) is 7.96. The molecule has 1 aliphatic carbocycles. The number of benzene rings is 1. The van der Waals surface area contributed by atoms with E-state index in [-0.39, 0.29) is 5.91 Å². The van der Waals surface area contributed by atoms with E-state index in [9.17, 15) is 4.79 Å². The molecule has 2 aromatic rings. The molecule has 3 N–H and O–H groups in total. The number of hydrogen-bond donors (Lipinski definition) is 2. The van der Waals surface area contributed by atoms with Crippen molar-refractivity contribution in [2.75, 3.05) is 25.3 Å². The third-order valence-corrected chi connectivity index (χ3v) is 5.51. The van der Waals surface area contributed by atoms with E-state index in [1.54, 1.807) is 43.8 Å². The van der Waals surface area contributed by atoms with Crippen molar-refractivity contribution in [1.29, 1.82) is 0 Å². The molecule has 1 aliphatic rings. The number of nitrogens with one attached hydrogen (secondary N) is 1. The van der Waals surface area contributed by atoms with Crippen molar-refractivity contribution in [2.45, 2.75) is 26.2 Å². The molecule has 0 fully saturated rings. The SMILES string of the molecule is COc1ccc(NC(=O)c2c(N)sc3c2CC[C@@H](C)C3)c(OC)c1. The van der Waals surface area contributed by atoms with Crippen molar-refractivity contribution in [1.82, 2.24) is 0 Å². The van der Waals surface area contributed by atoms with Crippen molar-refractivity contribution >= 4 is 27.9 Å². The van der Waals surface area contributed by atoms with Crippen LogP contribution in [0.15, 0.2) is 18.2 Å². The summed E-state index contributed by atoms with van der Waals surface area (Å²) >= 11 is 1.54. The predicted molar refractivity (Wildman–Crippen MR) is 97.4 cm³/mol. The summed E-state index contributed by atoms with van der Waals surface area (Å²) in [4.78, 5) is 14.0. The van der Waals surface area contributed by atoms with Crippen LogP contribution in [0.3, 0.4) is 0 Å². The molecule has 1 heterocycles. The Kier molecular flexibility index (Phi) is 4.66. The van der Waals surface area contributed by atoms with Crippen molar-refractivity contribution in [2.24, 2.45) is 5.92 Å². The molecule has 1 aromatic heterocycles. The molecule has 128 valence electrons. The standard InChI is InChI=1S/C18H22N2O3S/c1-10-4-6-12-15(8-10)24-17(19)16(12)18(21)20-13-7-5-11(22-2)9-14(13)23-3/h5,7,9-10H,4,6,8,19H2,1-3H3,(H,20,21)/t10-/m1/s1. The number of nitrogen functional groups attached to an aromatic ring is 1. The molecule has 0 radical (unpaired) electrons. The van der Waals surface area contributed by atoms with Crippen molar-refractivity contribution < 1.29 is 14.3 Å². The Morgan fingerprint density at radius 3 is 2.83 bits per heavy atom. The number of carbonyl (C=O) groups is 1. The largest absolute Gasteiger partial charge is 0.497 e. The zero-order valence-corrected chi connectivity index (χ0v) is 15.0. The highest BCUT2D eigenvalue weighted by Gasteiger charge is 2.26. The first-order chi connectivity index (χ1) is 11.5. The minimum absolute atomic E-state index is 0.178. The Hall–Kier alpha value is -2.21. The molecule has 0 unspecified atom stereocenters. The van der Waals surface area contributed by atoms with Crippen LogP contribution in [-0.2, 0) is 12.8 Å². The molecule has 3 rings (SSSR count). The van der Waals surface area contributed by atoms with Crippen LogP contribution in [0.5, 0.6) is 11.5 Å². The molecule has 1 atom stereocenters. The Morgan fingerprint density at radius 2 is 2.12 bits per heavy atom. The molecular weight excluding hydrogens is 324 g/mol. The molecule has 0 saturated carbocycles. The van der Waals surface area contributed by atoms with Crippen LogP contribution in [-0.4, -0.2) is 20.1 Å². The molecule has 0 bridgehead atoms. The van der Waals surface area contributed by atoms with E-state index in [0.29, 0.717) is 33.7 Å². The van der Waals surface area contributed by atoms with Crippen LogP contribution in [0.25, 0.3) is 0 Å². The third-order valence-electron chi connectivity index (χ3n) is 4.42. The van der Waals surface area contributed by atoms with E-state index in [0.717, 1.165) is 24.8 Å². The van der Waals surface area contributed by atoms with Gasteiger partial charge in [-0.15, -0.1) is 11.3 Å². The number of rotatable bonds is 4. The summed E-state index contributed by atoms with van der Waals surface area (Å²) in [7, 11) is 3.15. The van der Waals surface area contributed by atoms with Gasteiger partial charge in [-0.1, -0.05) is 6.92 Å². The monoisotopic (exact) mass is 346 g/mol. The fraction of sp³-hybridized carbons (Fsp3) is 0.389. The number of amides is 1. The summed E-state index contributed by atoms with van der Waals surface area (Å²) in [6, 6.07) is 5.29. The smallest absolute Gasteiger partial charge is 0.259 e. The zero-order valence-electron chi connectivity index (χ0n) is 14.1. The van der Waals surface area contributed by atoms with Gasteiger partial charge in [0, 0.05) is 10.9 Å². The number of fused-ring (bicyclic) bond motifs is 1. The van der Waals surface area contributed by atoms with Gasteiger partial charge in [-0.25, -0.2) is 0 Å². The minimum Gasteiger partial charge on any atom is -0.497 e. The van der Waals surface area contributed by atoms with Crippen LogP contribution in [0.4, 0.5) is 10.7 Å². The average molecular weight is 346 g/mol. The summed E-state index contributed by atoms with van der Waals surface area (Å²) in [5.74, 6) is 1.70. The molecule has 1 aromatic carbocycles. The maximum absolute atomic E-state index is 12.8. The maximum atomic E-state index is 12.8. The van der Waals surface area contributed by atoms with Crippen LogP contribution < -0.4 is 20.5 Å². The Balaban J connectivity index is 1.89. The van der Waals surface area contributed by atoms with Crippen molar-refractivity contribution in [3.63, 3.8) is 0 Å². The average Bonchev–Trinajstić information content (AvgIpc) is 2.89. The minimum atomic E-state index is -0.178. The summed E-state index contributed by atoms with van der Waals surface area (Å²) in [5, 5.41) is 3.52. The van der Waals surface area contributed by atoms with Gasteiger partial charge in [-0.05, 0) is 42.9 Å². The van der Waals surface area contributed by atoms with E-state index < -0.39 is 0 Å². The molecule has 5 nitrogen and oxygen atoms in total. The molecule has 24 heavy (non-hydrogen) atoms. The highest BCUT2D eigenvalue weighted by molar-refractivity contribution is 7.16. The lowest BCUT2D eigenvalue weighted by Crippen LogP contribution is -2.17. The second kappa shape index (κ2) is 6.73. The van der Waals surface area contributed by atoms with E-state index in [4.69, 9.17) is 15.2 Å². The third kappa shape index (κ3) is 3.06. The van der Waals surface area contributed by atoms with Crippen molar-refractivity contribution in [3.8, 4) is 11.5 Å². The van der Waals surface area contributed by atoms with Gasteiger partial charge in [0.1, 0.15) is 11.5 Å². The highest BCUT2D eigenvalue weighted by atomic mass is 32.1. The van der Waals surface area contributed by atoms with Crippen LogP contribution >= 0.6 is 11.3 Å². The van der Waals surface area contributed by atoms with Gasteiger partial charge >= 0.3 is 0 Å². The lowest BCUT2D eigenvalue weighted by molar-refractivity contribution is 0.102. The normalized spacial score (nSPS) is 16.4. The Morgan fingerprint density at radius 1 is 1.33 bits per heavy atom. The van der Waals surface area contributed by atoms with E-state index in [2.05, 4.69) is 12.2 Å². The summed E-state index contributed by atoms with van der Waals surface area (Å²) in [5.41, 5.74) is 8.48. The van der Waals surface area contributed by atoms with Crippen LogP contribution in [0.1, 0.15) is 34.1 Å². The molecule has 0 saturated heterocycles. The first kappa shape index (κ1) is 16.6. The summed E-state index contributed by atoms with van der Waals surface area (Å²) < 4.78 is 10.5. The Bertz CT molecular complexity index is 770. The number of thiophene rings is 1. The highest BCUT2D eigenvalue weighted by Crippen LogP contribution is 2.39. The summed E-state index contributed by atoms with van der Waals surface area (Å²) in [6.45, 7) is 2.24. The number of anilines is 2. The van der Waals surface area contributed by atoms with Crippen LogP contribution in [0.2, 0.25) is 0 Å². The topological polar surface area (TPSA) is 73.6 Å². The second-order valence-electron chi connectivity index (χ2n) is 6.11. The van der Waals surface area contributed by atoms with Crippen LogP contribution in [0, 0.1) is 5.92 Å². The number of carbonyl (C=O) groups excluding carboxylic acids is 1. The first-order valence-corrected chi connectivity index (χ1v) is 8.78. The van der Waals surface area contributed by atoms with Gasteiger partial charge in [0.2, 0.25) is 0 Å². The fourth-order valence-electron chi connectivity index (χ4n) is 3.11. The lowest BCUT2D eigenvalue weighted by Gasteiger charge is -2.19. The van der Waals surface area contributed by atoms with Gasteiger partial charge in [0.05, 0.1) is 30.5 Å². The van der Waals surface area contributed by atoms with Gasteiger partial charge in [-0.3, -0.25) is 4.79 Å². The maximum Gasteiger partial charge on any atom is 0.259 e. The Labute approximate surface area is 145 Å². The second-order valence-corrected chi connectivity index (χ2v) is 7.25. The van der Waals surface area contributed by atoms with E-state index >= 15 is 0 Å². The van der Waals surface area contributed by atoms with Gasteiger partial charge in [-0.2, -0.15) is 0 Å².